The van der Waals surface area contributed by atoms with Crippen LogP contribution in [-0.4, -0.2) is 0 Å². The van der Waals surface area contributed by atoms with E-state index in [1.54, 1.807) is 0 Å². The third kappa shape index (κ3) is 6.04. The van der Waals surface area contributed by atoms with E-state index in [-0.39, 0.29) is 5.41 Å². The van der Waals surface area contributed by atoms with E-state index in [0.29, 0.717) is 0 Å². The Morgan fingerprint density at radius 3 is 1.39 bits per heavy atom. The number of benzene rings is 7. The SMILES string of the molecule is Cc1ccccc1N(c1ccc2c(c1)C(C)(C)c1cc(C=Cc3ccc(N(c4ccccc4)c4ccccc4)cc3)ccc1-2)c1ccccc1C. The fourth-order valence-corrected chi connectivity index (χ4v) is 7.55. The van der Waals surface area contributed by atoms with Gasteiger partial charge in [0.05, 0.1) is 0 Å². The molecule has 0 radical (unpaired) electrons. The van der Waals surface area contributed by atoms with Crippen LogP contribution in [0.1, 0.15) is 47.2 Å². The van der Waals surface area contributed by atoms with Crippen molar-refractivity contribution in [3.8, 4) is 11.1 Å². The fraction of sp³-hybridized carbons (Fsp3) is 0.102. The Kier molecular flexibility index (Phi) is 8.37. The Balaban J connectivity index is 1.09. The van der Waals surface area contributed by atoms with Gasteiger partial charge in [0.1, 0.15) is 0 Å². The molecule has 0 N–H and O–H groups in total. The van der Waals surface area contributed by atoms with Gasteiger partial charge in [0, 0.05) is 39.5 Å². The number of hydrogen-bond acceptors (Lipinski definition) is 2. The molecule has 7 aromatic carbocycles. The van der Waals surface area contributed by atoms with Crippen molar-refractivity contribution in [2.24, 2.45) is 0 Å². The number of anilines is 6. The molecule has 0 aromatic heterocycles. The molecule has 0 saturated carbocycles. The zero-order valence-corrected chi connectivity index (χ0v) is 29.7. The molecule has 0 saturated heterocycles. The van der Waals surface area contributed by atoms with Crippen LogP contribution in [0.4, 0.5) is 34.1 Å². The average Bonchev–Trinajstić information content (AvgIpc) is 3.39. The van der Waals surface area contributed by atoms with E-state index in [1.165, 1.54) is 61.6 Å². The first-order chi connectivity index (χ1) is 24.9. The molecule has 2 heteroatoms. The highest BCUT2D eigenvalue weighted by Gasteiger charge is 2.36. The molecule has 0 unspecified atom stereocenters. The van der Waals surface area contributed by atoms with E-state index in [4.69, 9.17) is 0 Å². The van der Waals surface area contributed by atoms with Crippen molar-refractivity contribution < 1.29 is 0 Å². The highest BCUT2D eigenvalue weighted by Crippen LogP contribution is 2.51. The second-order valence-corrected chi connectivity index (χ2v) is 14.0. The van der Waals surface area contributed by atoms with Crippen molar-refractivity contribution in [3.63, 3.8) is 0 Å². The summed E-state index contributed by atoms with van der Waals surface area (Å²) in [5.74, 6) is 0. The molecule has 1 aliphatic rings. The van der Waals surface area contributed by atoms with Gasteiger partial charge in [0.15, 0.2) is 0 Å². The zero-order chi connectivity index (χ0) is 35.0. The van der Waals surface area contributed by atoms with Crippen LogP contribution in [-0.2, 0) is 5.41 Å². The van der Waals surface area contributed by atoms with Crippen LogP contribution in [0.2, 0.25) is 0 Å². The van der Waals surface area contributed by atoms with Gasteiger partial charge in [0.2, 0.25) is 0 Å². The topological polar surface area (TPSA) is 6.48 Å². The van der Waals surface area contributed by atoms with Gasteiger partial charge < -0.3 is 9.80 Å². The Labute approximate surface area is 302 Å². The average molecular weight is 659 g/mol. The molecule has 0 heterocycles. The van der Waals surface area contributed by atoms with Crippen LogP contribution in [0.15, 0.2) is 170 Å². The van der Waals surface area contributed by atoms with E-state index in [9.17, 15) is 0 Å². The molecule has 0 spiro atoms. The van der Waals surface area contributed by atoms with Crippen molar-refractivity contribution in [2.45, 2.75) is 33.1 Å². The van der Waals surface area contributed by atoms with Crippen molar-refractivity contribution in [3.05, 3.63) is 203 Å². The van der Waals surface area contributed by atoms with Crippen molar-refractivity contribution in [1.82, 2.24) is 0 Å². The van der Waals surface area contributed by atoms with Crippen molar-refractivity contribution in [2.75, 3.05) is 9.80 Å². The van der Waals surface area contributed by atoms with Gasteiger partial charge in [0.25, 0.3) is 0 Å². The lowest BCUT2D eigenvalue weighted by molar-refractivity contribution is 0.660. The zero-order valence-electron chi connectivity index (χ0n) is 29.7. The molecule has 0 bridgehead atoms. The minimum Gasteiger partial charge on any atom is -0.311 e. The van der Waals surface area contributed by atoms with E-state index in [0.717, 1.165) is 17.1 Å². The lowest BCUT2D eigenvalue weighted by Gasteiger charge is -2.30. The predicted octanol–water partition coefficient (Wildman–Crippen LogP) is 13.7. The fourth-order valence-electron chi connectivity index (χ4n) is 7.55. The van der Waals surface area contributed by atoms with Crippen LogP contribution in [0.25, 0.3) is 23.3 Å². The quantitative estimate of drug-likeness (QED) is 0.150. The second-order valence-electron chi connectivity index (χ2n) is 14.0. The lowest BCUT2D eigenvalue weighted by atomic mass is 9.81. The monoisotopic (exact) mass is 658 g/mol. The number of aryl methyl sites for hydroxylation is 2. The Bertz CT molecular complexity index is 2270. The van der Waals surface area contributed by atoms with E-state index >= 15 is 0 Å². The van der Waals surface area contributed by atoms with Crippen LogP contribution in [0.5, 0.6) is 0 Å². The molecule has 0 fully saturated rings. The maximum absolute atomic E-state index is 2.42. The number of hydrogen-bond donors (Lipinski definition) is 0. The predicted molar refractivity (Wildman–Crippen MR) is 218 cm³/mol. The molecular weight excluding hydrogens is 617 g/mol. The molecule has 2 nitrogen and oxygen atoms in total. The third-order valence-corrected chi connectivity index (χ3v) is 10.3. The summed E-state index contributed by atoms with van der Waals surface area (Å²) in [6.45, 7) is 9.12. The normalized spacial score (nSPS) is 12.8. The molecular formula is C49H42N2. The van der Waals surface area contributed by atoms with Crippen molar-refractivity contribution in [1.29, 1.82) is 0 Å². The van der Waals surface area contributed by atoms with E-state index in [2.05, 4.69) is 220 Å². The summed E-state index contributed by atoms with van der Waals surface area (Å²) < 4.78 is 0. The largest absolute Gasteiger partial charge is 0.311 e. The molecule has 7 aromatic rings. The maximum atomic E-state index is 2.42. The third-order valence-electron chi connectivity index (χ3n) is 10.3. The highest BCUT2D eigenvalue weighted by atomic mass is 15.1. The molecule has 0 aliphatic heterocycles. The Hall–Kier alpha value is -6.12. The van der Waals surface area contributed by atoms with Gasteiger partial charge in [-0.3, -0.25) is 0 Å². The van der Waals surface area contributed by atoms with Gasteiger partial charge >= 0.3 is 0 Å². The summed E-state index contributed by atoms with van der Waals surface area (Å²) in [5, 5.41) is 0. The maximum Gasteiger partial charge on any atom is 0.0490 e. The standard InChI is InChI=1S/C49H42N2/c1-35-15-11-13-21-47(35)51(48-22-14-12-16-36(48)2)42-30-32-44-43-31-27-38(33-45(43)49(3,4)46(44)34-42)24-23-37-25-28-41(29-26-37)50(39-17-7-5-8-18-39)40-19-9-6-10-20-40/h5-34H,1-4H3. The van der Waals surface area contributed by atoms with Gasteiger partial charge in [-0.1, -0.05) is 135 Å². The van der Waals surface area contributed by atoms with Crippen LogP contribution in [0.3, 0.4) is 0 Å². The highest BCUT2D eigenvalue weighted by molar-refractivity contribution is 5.88. The Morgan fingerprint density at radius 1 is 0.392 bits per heavy atom. The van der Waals surface area contributed by atoms with E-state index in [1.807, 2.05) is 0 Å². The summed E-state index contributed by atoms with van der Waals surface area (Å²) in [4.78, 5) is 4.71. The second kappa shape index (κ2) is 13.3. The van der Waals surface area contributed by atoms with Gasteiger partial charge in [-0.15, -0.1) is 0 Å². The molecule has 248 valence electrons. The number of fused-ring (bicyclic) bond motifs is 3. The molecule has 0 amide bonds. The molecule has 8 rings (SSSR count). The van der Waals surface area contributed by atoms with Crippen molar-refractivity contribution >= 4 is 46.3 Å². The summed E-state index contributed by atoms with van der Waals surface area (Å²) in [5.41, 5.74) is 17.1. The summed E-state index contributed by atoms with van der Waals surface area (Å²) in [7, 11) is 0. The molecule has 0 atom stereocenters. The van der Waals surface area contributed by atoms with Gasteiger partial charge in [-0.25, -0.2) is 0 Å². The first-order valence-corrected chi connectivity index (χ1v) is 17.8. The number of rotatable bonds is 8. The van der Waals surface area contributed by atoms with Crippen LogP contribution in [0, 0.1) is 13.8 Å². The van der Waals surface area contributed by atoms with Gasteiger partial charge in [-0.2, -0.15) is 0 Å². The summed E-state index contributed by atoms with van der Waals surface area (Å²) in [6, 6.07) is 61.2. The Morgan fingerprint density at radius 2 is 0.824 bits per heavy atom. The van der Waals surface area contributed by atoms with Crippen LogP contribution >= 0.6 is 0 Å². The minimum absolute atomic E-state index is 0.145. The number of para-hydroxylation sites is 4. The van der Waals surface area contributed by atoms with Gasteiger partial charge in [-0.05, 0) is 119 Å². The van der Waals surface area contributed by atoms with E-state index < -0.39 is 0 Å². The lowest BCUT2D eigenvalue weighted by Crippen LogP contribution is -2.17. The van der Waals surface area contributed by atoms with Crippen LogP contribution < -0.4 is 9.80 Å². The molecule has 51 heavy (non-hydrogen) atoms. The first-order valence-electron chi connectivity index (χ1n) is 17.8. The first kappa shape index (κ1) is 32.1. The smallest absolute Gasteiger partial charge is 0.0490 e. The number of nitrogens with zero attached hydrogens (tertiary/aromatic N) is 2. The summed E-state index contributed by atoms with van der Waals surface area (Å²) in [6.07, 6.45) is 4.46. The summed E-state index contributed by atoms with van der Waals surface area (Å²) >= 11 is 0. The minimum atomic E-state index is -0.145. The molecule has 1 aliphatic carbocycles.